The highest BCUT2D eigenvalue weighted by atomic mass is 16.3. The molecule has 0 aliphatic carbocycles. The van der Waals surface area contributed by atoms with E-state index >= 15 is 0 Å². The lowest BCUT2D eigenvalue weighted by Gasteiger charge is -2.25. The molecule has 2 heterocycles. The van der Waals surface area contributed by atoms with Crippen LogP contribution in [0.25, 0.3) is 0 Å². The molecule has 0 bridgehead atoms. The third-order valence-corrected chi connectivity index (χ3v) is 3.63. The Labute approximate surface area is 116 Å². The summed E-state index contributed by atoms with van der Waals surface area (Å²) in [6, 6.07) is 5.72. The molecular weight excluding hydrogens is 258 g/mol. The van der Waals surface area contributed by atoms with Crippen molar-refractivity contribution in [3.8, 4) is 5.75 Å². The molecule has 2 aliphatic heterocycles. The van der Waals surface area contributed by atoms with Gasteiger partial charge >= 0.3 is 6.03 Å². The van der Waals surface area contributed by atoms with Crippen LogP contribution in [0.15, 0.2) is 35.5 Å². The van der Waals surface area contributed by atoms with E-state index in [-0.39, 0.29) is 17.7 Å². The number of aromatic hydroxyl groups is 1. The molecule has 6 nitrogen and oxygen atoms in total. The van der Waals surface area contributed by atoms with Crippen molar-refractivity contribution in [2.45, 2.75) is 13.0 Å². The molecule has 0 saturated heterocycles. The number of benzene rings is 1. The Balaban J connectivity index is 2.01. The number of carbonyl (C=O) groups is 2. The van der Waals surface area contributed by atoms with Crippen molar-refractivity contribution in [3.05, 3.63) is 41.1 Å². The van der Waals surface area contributed by atoms with E-state index in [2.05, 4.69) is 10.6 Å². The SMILES string of the molecule is CCN1CC2=C(C1=O)[C@H](c1ccc(O)cc1)NC(=O)N2. The van der Waals surface area contributed by atoms with Gasteiger partial charge in [0, 0.05) is 6.54 Å². The highest BCUT2D eigenvalue weighted by Gasteiger charge is 2.39. The largest absolute Gasteiger partial charge is 0.508 e. The molecule has 1 aromatic carbocycles. The summed E-state index contributed by atoms with van der Waals surface area (Å²) in [6.07, 6.45) is 0. The van der Waals surface area contributed by atoms with Gasteiger partial charge in [0.05, 0.1) is 23.9 Å². The Morgan fingerprint density at radius 3 is 2.65 bits per heavy atom. The molecule has 0 aromatic heterocycles. The smallest absolute Gasteiger partial charge is 0.319 e. The van der Waals surface area contributed by atoms with Gasteiger partial charge in [0.2, 0.25) is 0 Å². The van der Waals surface area contributed by atoms with Gasteiger partial charge in [-0.05, 0) is 24.6 Å². The van der Waals surface area contributed by atoms with Crippen LogP contribution in [-0.4, -0.2) is 35.0 Å². The molecule has 3 rings (SSSR count). The van der Waals surface area contributed by atoms with E-state index in [1.165, 1.54) is 0 Å². The number of carbonyl (C=O) groups excluding carboxylic acids is 2. The van der Waals surface area contributed by atoms with Crippen molar-refractivity contribution in [3.63, 3.8) is 0 Å². The van der Waals surface area contributed by atoms with Gasteiger partial charge in [-0.2, -0.15) is 0 Å². The van der Waals surface area contributed by atoms with Crippen molar-refractivity contribution in [1.29, 1.82) is 0 Å². The Bertz CT molecular complexity index is 607. The number of phenols is 1. The van der Waals surface area contributed by atoms with Gasteiger partial charge < -0.3 is 20.6 Å². The number of nitrogens with zero attached hydrogens (tertiary/aromatic N) is 1. The van der Waals surface area contributed by atoms with E-state index in [4.69, 9.17) is 0 Å². The summed E-state index contributed by atoms with van der Waals surface area (Å²) in [5.41, 5.74) is 2.02. The molecule has 2 aliphatic rings. The summed E-state index contributed by atoms with van der Waals surface area (Å²) in [7, 11) is 0. The van der Waals surface area contributed by atoms with Crippen molar-refractivity contribution >= 4 is 11.9 Å². The molecule has 6 heteroatoms. The van der Waals surface area contributed by atoms with Gasteiger partial charge in [0.25, 0.3) is 5.91 Å². The molecule has 1 atom stereocenters. The summed E-state index contributed by atoms with van der Waals surface area (Å²) in [4.78, 5) is 25.8. The molecule has 1 aromatic rings. The average Bonchev–Trinajstić information content (AvgIpc) is 2.75. The monoisotopic (exact) mass is 273 g/mol. The topological polar surface area (TPSA) is 81.7 Å². The number of rotatable bonds is 2. The Morgan fingerprint density at radius 2 is 2.00 bits per heavy atom. The fourth-order valence-corrected chi connectivity index (χ4v) is 2.60. The van der Waals surface area contributed by atoms with E-state index in [1.54, 1.807) is 29.2 Å². The van der Waals surface area contributed by atoms with Gasteiger partial charge in [0.1, 0.15) is 5.75 Å². The minimum absolute atomic E-state index is 0.0620. The highest BCUT2D eigenvalue weighted by Crippen LogP contribution is 2.32. The Hall–Kier alpha value is -2.50. The maximum Gasteiger partial charge on any atom is 0.319 e. The van der Waals surface area contributed by atoms with Crippen LogP contribution < -0.4 is 10.6 Å². The third-order valence-electron chi connectivity index (χ3n) is 3.63. The standard InChI is InChI=1S/C14H15N3O3/c1-2-17-7-10-11(13(17)19)12(16-14(20)15-10)8-3-5-9(18)6-4-8/h3-6,12,18H,2,7H2,1H3,(H2,15,16,20)/t12-/m0/s1. The zero-order chi connectivity index (χ0) is 14.3. The van der Waals surface area contributed by atoms with Crippen LogP contribution in [0.4, 0.5) is 4.79 Å². The second-order valence-electron chi connectivity index (χ2n) is 4.83. The number of urea groups is 1. The minimum Gasteiger partial charge on any atom is -0.508 e. The number of likely N-dealkylation sites (N-methyl/N-ethyl adjacent to an activating group) is 1. The number of hydrogen-bond acceptors (Lipinski definition) is 3. The quantitative estimate of drug-likeness (QED) is 0.747. The molecule has 0 saturated carbocycles. The van der Waals surface area contributed by atoms with Crippen LogP contribution in [0.3, 0.4) is 0 Å². The van der Waals surface area contributed by atoms with E-state index in [0.29, 0.717) is 24.4 Å². The molecule has 104 valence electrons. The first kappa shape index (κ1) is 12.5. The second kappa shape index (κ2) is 4.56. The van der Waals surface area contributed by atoms with Crippen LogP contribution >= 0.6 is 0 Å². The van der Waals surface area contributed by atoms with Crippen molar-refractivity contribution in [1.82, 2.24) is 15.5 Å². The number of hydrogen-bond donors (Lipinski definition) is 3. The average molecular weight is 273 g/mol. The third kappa shape index (κ3) is 1.89. The van der Waals surface area contributed by atoms with E-state index in [1.807, 2.05) is 6.92 Å². The number of nitrogens with one attached hydrogen (secondary N) is 2. The predicted molar refractivity (Wildman–Crippen MR) is 71.8 cm³/mol. The molecule has 20 heavy (non-hydrogen) atoms. The fraction of sp³-hybridized carbons (Fsp3) is 0.286. The normalized spacial score (nSPS) is 21.6. The van der Waals surface area contributed by atoms with Crippen LogP contribution in [0.2, 0.25) is 0 Å². The van der Waals surface area contributed by atoms with Gasteiger partial charge in [-0.1, -0.05) is 12.1 Å². The predicted octanol–water partition coefficient (Wildman–Crippen LogP) is 0.862. The Morgan fingerprint density at radius 1 is 1.30 bits per heavy atom. The molecule has 3 N–H and O–H groups in total. The summed E-state index contributed by atoms with van der Waals surface area (Å²) >= 11 is 0. The molecule has 0 spiro atoms. The lowest BCUT2D eigenvalue weighted by molar-refractivity contribution is -0.125. The van der Waals surface area contributed by atoms with Gasteiger partial charge in [-0.25, -0.2) is 4.79 Å². The summed E-state index contributed by atoms with van der Waals surface area (Å²) in [6.45, 7) is 2.94. The van der Waals surface area contributed by atoms with Crippen LogP contribution in [0, 0.1) is 0 Å². The minimum atomic E-state index is -0.469. The van der Waals surface area contributed by atoms with Gasteiger partial charge in [0.15, 0.2) is 0 Å². The summed E-state index contributed by atoms with van der Waals surface area (Å²) < 4.78 is 0. The molecule has 3 amide bonds. The first-order chi connectivity index (χ1) is 9.60. The molecular formula is C14H15N3O3. The van der Waals surface area contributed by atoms with E-state index in [9.17, 15) is 14.7 Å². The van der Waals surface area contributed by atoms with Gasteiger partial charge in [-0.15, -0.1) is 0 Å². The zero-order valence-electron chi connectivity index (χ0n) is 11.0. The first-order valence-electron chi connectivity index (χ1n) is 6.49. The fourth-order valence-electron chi connectivity index (χ4n) is 2.60. The van der Waals surface area contributed by atoms with Crippen molar-refractivity contribution < 1.29 is 14.7 Å². The van der Waals surface area contributed by atoms with Crippen LogP contribution in [0.5, 0.6) is 5.75 Å². The van der Waals surface area contributed by atoms with Crippen LogP contribution in [-0.2, 0) is 4.79 Å². The number of phenolic OH excluding ortho intramolecular Hbond substituents is 1. The highest BCUT2D eigenvalue weighted by molar-refractivity contribution is 6.01. The molecule has 0 unspecified atom stereocenters. The maximum absolute atomic E-state index is 12.4. The maximum atomic E-state index is 12.4. The first-order valence-corrected chi connectivity index (χ1v) is 6.49. The molecule has 0 fully saturated rings. The van der Waals surface area contributed by atoms with E-state index in [0.717, 1.165) is 5.56 Å². The lowest BCUT2D eigenvalue weighted by atomic mass is 9.96. The Kier molecular flexibility index (Phi) is 2.85. The van der Waals surface area contributed by atoms with Crippen LogP contribution in [0.1, 0.15) is 18.5 Å². The van der Waals surface area contributed by atoms with Crippen molar-refractivity contribution in [2.24, 2.45) is 0 Å². The lowest BCUT2D eigenvalue weighted by Crippen LogP contribution is -2.44. The van der Waals surface area contributed by atoms with Crippen molar-refractivity contribution in [2.75, 3.05) is 13.1 Å². The zero-order valence-corrected chi connectivity index (χ0v) is 11.0. The second-order valence-corrected chi connectivity index (χ2v) is 4.83. The van der Waals surface area contributed by atoms with Gasteiger partial charge in [-0.3, -0.25) is 4.79 Å². The summed E-state index contributed by atoms with van der Waals surface area (Å²) in [5, 5.41) is 14.8. The molecule has 0 radical (unpaired) electrons. The number of amides is 3. The summed E-state index contributed by atoms with van der Waals surface area (Å²) in [5.74, 6) is 0.0872. The van der Waals surface area contributed by atoms with E-state index < -0.39 is 6.04 Å².